The van der Waals surface area contributed by atoms with Crippen LogP contribution in [0.3, 0.4) is 0 Å². The molecule has 1 atom stereocenters. The second-order valence-electron chi connectivity index (χ2n) is 0.605. The van der Waals surface area contributed by atoms with E-state index in [4.69, 9.17) is 0 Å². The van der Waals surface area contributed by atoms with Gasteiger partial charge in [0.15, 0.2) is 0 Å². The molecular formula is CH3OS4-. The molecule has 0 aliphatic heterocycles. The van der Waals surface area contributed by atoms with Gasteiger partial charge in [-0.1, -0.05) is 9.83 Å². The van der Waals surface area contributed by atoms with Crippen molar-refractivity contribution in [1.29, 1.82) is 0 Å². The molecule has 0 heterocycles. The third-order valence-corrected chi connectivity index (χ3v) is 5.17. The van der Waals surface area contributed by atoms with E-state index in [0.717, 1.165) is 0 Å². The molecule has 0 aromatic rings. The largest absolute Gasteiger partial charge is 0.282 e. The van der Waals surface area contributed by atoms with E-state index in [-0.39, 0.29) is 0 Å². The predicted molar refractivity (Wildman–Crippen MR) is 36.2 cm³/mol. The van der Waals surface area contributed by atoms with Gasteiger partial charge in [-0.05, 0) is 6.26 Å². The summed E-state index contributed by atoms with van der Waals surface area (Å²) in [6, 6.07) is 0. The molecule has 0 fully saturated rings. The van der Waals surface area contributed by atoms with Crippen molar-refractivity contribution in [2.75, 3.05) is 6.26 Å². The van der Waals surface area contributed by atoms with E-state index in [0.29, 0.717) is 0 Å². The van der Waals surface area contributed by atoms with Crippen LogP contribution in [-0.4, -0.2) is 10.5 Å². The minimum Gasteiger partial charge on any atom is -0.282 e. The molecule has 0 aliphatic carbocycles. The predicted octanol–water partition coefficient (Wildman–Crippen LogP) is -0.178. The van der Waals surface area contributed by atoms with E-state index in [1.165, 1.54) is 6.26 Å². The number of hydrogen-bond acceptors (Lipinski definition) is 4. The molecule has 0 aliphatic rings. The molecular weight excluding hydrogens is 156 g/mol. The molecule has 0 bridgehead atoms. The zero-order chi connectivity index (χ0) is 5.15. The maximum Gasteiger partial charge on any atom is -0.00711 e. The van der Waals surface area contributed by atoms with E-state index in [1.54, 1.807) is 0 Å². The van der Waals surface area contributed by atoms with Gasteiger partial charge in [0.25, 0.3) is 0 Å². The SMILES string of the molecule is CS(=O)[S-](=S)=S. The zero-order valence-electron chi connectivity index (χ0n) is 3.04. The molecule has 0 radical (unpaired) electrons. The van der Waals surface area contributed by atoms with Crippen molar-refractivity contribution in [1.82, 2.24) is 0 Å². The Balaban J connectivity index is 3.94. The van der Waals surface area contributed by atoms with Crippen molar-refractivity contribution in [3.63, 3.8) is 0 Å². The summed E-state index contributed by atoms with van der Waals surface area (Å²) in [6.07, 6.45) is 1.52. The van der Waals surface area contributed by atoms with Gasteiger partial charge in [-0.3, -0.25) is 11.3 Å². The lowest BCUT2D eigenvalue weighted by molar-refractivity contribution is 0.695. The monoisotopic (exact) mass is 159 g/mol. The molecule has 1 nitrogen and oxygen atoms in total. The van der Waals surface area contributed by atoms with Crippen LogP contribution in [0.4, 0.5) is 0 Å². The maximum atomic E-state index is 10.1. The first-order chi connectivity index (χ1) is 2.64. The highest BCUT2D eigenvalue weighted by atomic mass is 33.5. The Hall–Kier alpha value is 0.940. The summed E-state index contributed by atoms with van der Waals surface area (Å²) in [6.45, 7) is 0. The first-order valence-corrected chi connectivity index (χ1v) is 6.22. The fourth-order valence-corrected chi connectivity index (χ4v) is 0. The molecule has 5 heteroatoms. The van der Waals surface area contributed by atoms with Gasteiger partial charge in [0.2, 0.25) is 0 Å². The molecule has 0 saturated carbocycles. The number of rotatable bonds is 1. The van der Waals surface area contributed by atoms with Crippen LogP contribution in [-0.2, 0) is 39.3 Å². The van der Waals surface area contributed by atoms with Crippen LogP contribution in [0.25, 0.3) is 0 Å². The van der Waals surface area contributed by atoms with Crippen LogP contribution in [0.15, 0.2) is 0 Å². The van der Waals surface area contributed by atoms with Crippen molar-refractivity contribution >= 4 is 39.3 Å². The Kier molecular flexibility index (Phi) is 3.48. The highest BCUT2D eigenvalue weighted by molar-refractivity contribution is 8.84. The lowest BCUT2D eigenvalue weighted by Crippen LogP contribution is -1.79. The van der Waals surface area contributed by atoms with Crippen molar-refractivity contribution in [3.05, 3.63) is 0 Å². The number of hydrogen-bond donors (Lipinski definition) is 0. The quantitative estimate of drug-likeness (QED) is 0.390. The van der Waals surface area contributed by atoms with Gasteiger partial charge in [0.05, 0.1) is 0 Å². The first-order valence-electron chi connectivity index (χ1n) is 1.07. The molecule has 1 unspecified atom stereocenters. The Bertz CT molecular complexity index is 114. The van der Waals surface area contributed by atoms with Crippen molar-refractivity contribution in [3.8, 4) is 0 Å². The lowest BCUT2D eigenvalue weighted by Gasteiger charge is -1.89. The summed E-state index contributed by atoms with van der Waals surface area (Å²) in [5.74, 6) is 0. The minimum absolute atomic E-state index is 0.728. The molecule has 38 valence electrons. The Morgan fingerprint density at radius 2 is 1.83 bits per heavy atom. The Morgan fingerprint density at radius 1 is 1.67 bits per heavy atom. The van der Waals surface area contributed by atoms with Crippen LogP contribution in [0, 0.1) is 0 Å². The van der Waals surface area contributed by atoms with Gasteiger partial charge in [0.1, 0.15) is 0 Å². The fourth-order valence-electron chi connectivity index (χ4n) is 0. The van der Waals surface area contributed by atoms with Gasteiger partial charge in [0, 0.05) is 0 Å². The van der Waals surface area contributed by atoms with Crippen LogP contribution in [0.2, 0.25) is 0 Å². The standard InChI is InChI=1S/CH3OS4/c1-5(2)6(3)4/h1H3/q-1. The first kappa shape index (κ1) is 6.94. The second kappa shape index (κ2) is 3.01. The summed E-state index contributed by atoms with van der Waals surface area (Å²) < 4.78 is 10.1. The van der Waals surface area contributed by atoms with Crippen molar-refractivity contribution < 1.29 is 4.21 Å². The average molecular weight is 159 g/mol. The molecule has 0 aromatic carbocycles. The summed E-state index contributed by atoms with van der Waals surface area (Å²) in [5.41, 5.74) is 0. The van der Waals surface area contributed by atoms with Gasteiger partial charge >= 0.3 is 0 Å². The zero-order valence-corrected chi connectivity index (χ0v) is 6.31. The summed E-state index contributed by atoms with van der Waals surface area (Å²) in [7, 11) is -1.69. The third kappa shape index (κ3) is 3.14. The topological polar surface area (TPSA) is 17.1 Å². The Morgan fingerprint density at radius 3 is 1.83 bits per heavy atom. The maximum absolute atomic E-state index is 10.1. The Labute approximate surface area is 49.8 Å². The smallest absolute Gasteiger partial charge is 0.00711 e. The van der Waals surface area contributed by atoms with Crippen LogP contribution in [0.1, 0.15) is 0 Å². The van der Waals surface area contributed by atoms with Gasteiger partial charge in [-0.2, -0.15) is 0 Å². The lowest BCUT2D eigenvalue weighted by atomic mass is 12.0. The summed E-state index contributed by atoms with van der Waals surface area (Å²) >= 11 is 8.89. The highest BCUT2D eigenvalue weighted by Gasteiger charge is 1.60. The van der Waals surface area contributed by atoms with E-state index in [9.17, 15) is 4.21 Å². The fraction of sp³-hybridized carbons (Fsp3) is 1.00. The molecule has 0 saturated heterocycles. The van der Waals surface area contributed by atoms with Gasteiger partial charge in [-0.25, -0.2) is 22.4 Å². The molecule has 0 rings (SSSR count). The molecule has 0 amide bonds. The van der Waals surface area contributed by atoms with E-state index in [1.807, 2.05) is 0 Å². The minimum atomic E-state index is -0.960. The van der Waals surface area contributed by atoms with Crippen LogP contribution in [0.5, 0.6) is 0 Å². The third-order valence-electron chi connectivity index (χ3n) is 0.192. The normalized spacial score (nSPS) is 15.0. The molecule has 0 spiro atoms. The van der Waals surface area contributed by atoms with Crippen molar-refractivity contribution in [2.24, 2.45) is 0 Å². The van der Waals surface area contributed by atoms with Crippen molar-refractivity contribution in [2.45, 2.75) is 0 Å². The molecule has 0 aromatic heterocycles. The van der Waals surface area contributed by atoms with Crippen LogP contribution < -0.4 is 0 Å². The summed E-state index contributed by atoms with van der Waals surface area (Å²) in [4.78, 5) is 0. The molecule has 6 heavy (non-hydrogen) atoms. The van der Waals surface area contributed by atoms with E-state index >= 15 is 0 Å². The average Bonchev–Trinajstić information content (AvgIpc) is 1.36. The van der Waals surface area contributed by atoms with E-state index in [2.05, 4.69) is 22.4 Å². The van der Waals surface area contributed by atoms with Crippen LogP contribution >= 0.6 is 0 Å². The molecule has 0 N–H and O–H groups in total. The van der Waals surface area contributed by atoms with E-state index < -0.39 is 16.9 Å². The van der Waals surface area contributed by atoms with Gasteiger partial charge in [-0.15, -0.1) is 0 Å². The second-order valence-corrected chi connectivity index (χ2v) is 8.12. The summed E-state index contributed by atoms with van der Waals surface area (Å²) in [5, 5.41) is 0. The highest BCUT2D eigenvalue weighted by Crippen LogP contribution is 1.69. The van der Waals surface area contributed by atoms with Gasteiger partial charge < -0.3 is 0 Å².